The highest BCUT2D eigenvalue weighted by Gasteiger charge is 2.30. The highest BCUT2D eigenvalue weighted by atomic mass is 16.2. The van der Waals surface area contributed by atoms with Crippen LogP contribution in [0.2, 0.25) is 0 Å². The summed E-state index contributed by atoms with van der Waals surface area (Å²) >= 11 is 0. The van der Waals surface area contributed by atoms with Crippen LogP contribution in [0.3, 0.4) is 0 Å². The predicted molar refractivity (Wildman–Crippen MR) is 138 cm³/mol. The lowest BCUT2D eigenvalue weighted by Crippen LogP contribution is -2.51. The van der Waals surface area contributed by atoms with E-state index in [0.29, 0.717) is 25.8 Å². The van der Waals surface area contributed by atoms with Crippen molar-refractivity contribution in [3.63, 3.8) is 0 Å². The predicted octanol–water partition coefficient (Wildman–Crippen LogP) is 5.40. The summed E-state index contributed by atoms with van der Waals surface area (Å²) in [6, 6.07) is 25.8. The number of hydrogen-bond donors (Lipinski definition) is 1. The minimum Gasteiger partial charge on any atom is -0.352 e. The third-order valence-electron chi connectivity index (χ3n) is 5.89. The molecule has 0 unspecified atom stereocenters. The number of nitrogens with one attached hydrogen (secondary N) is 1. The number of carbonyl (C=O) groups excluding carboxylic acids is 2. The number of hydrogen-bond acceptors (Lipinski definition) is 2. The van der Waals surface area contributed by atoms with Gasteiger partial charge in [-0.3, -0.25) is 9.59 Å². The highest BCUT2D eigenvalue weighted by molar-refractivity contribution is 5.88. The molecule has 1 atom stereocenters. The van der Waals surface area contributed by atoms with Gasteiger partial charge >= 0.3 is 0 Å². The van der Waals surface area contributed by atoms with Crippen molar-refractivity contribution in [3.05, 3.63) is 107 Å². The molecule has 3 aromatic rings. The van der Waals surface area contributed by atoms with E-state index in [4.69, 9.17) is 0 Å². The lowest BCUT2D eigenvalue weighted by molar-refractivity contribution is -0.141. The topological polar surface area (TPSA) is 49.4 Å². The van der Waals surface area contributed by atoms with Gasteiger partial charge in [0.2, 0.25) is 11.8 Å². The molecule has 0 saturated carbocycles. The molecule has 0 aliphatic heterocycles. The van der Waals surface area contributed by atoms with Gasteiger partial charge in [-0.15, -0.1) is 0 Å². The molecule has 0 heterocycles. The van der Waals surface area contributed by atoms with Crippen molar-refractivity contribution >= 4 is 11.8 Å². The molecule has 0 saturated heterocycles. The van der Waals surface area contributed by atoms with Crippen molar-refractivity contribution < 1.29 is 9.59 Å². The summed E-state index contributed by atoms with van der Waals surface area (Å²) in [6.07, 6.45) is 1.48. The summed E-state index contributed by atoms with van der Waals surface area (Å²) in [5.41, 5.74) is 5.52. The average molecular weight is 457 g/mol. The SMILES string of the molecule is Cc1ccc(CCC(=O)N(Cc2cccc(C)c2)[C@H](Cc2ccccc2)C(=O)NC(C)C)cc1. The van der Waals surface area contributed by atoms with Crippen LogP contribution in [-0.2, 0) is 29.0 Å². The van der Waals surface area contributed by atoms with Gasteiger partial charge in [-0.25, -0.2) is 0 Å². The Kier molecular flexibility index (Phi) is 9.03. The number of carbonyl (C=O) groups is 2. The summed E-state index contributed by atoms with van der Waals surface area (Å²) in [6.45, 7) is 8.39. The van der Waals surface area contributed by atoms with Gasteiger partial charge in [-0.05, 0) is 50.8 Å². The van der Waals surface area contributed by atoms with Gasteiger partial charge in [0.05, 0.1) is 0 Å². The van der Waals surface area contributed by atoms with Crippen LogP contribution >= 0.6 is 0 Å². The third kappa shape index (κ3) is 7.58. The first-order valence-corrected chi connectivity index (χ1v) is 12.1. The van der Waals surface area contributed by atoms with Crippen LogP contribution in [0.1, 0.15) is 48.1 Å². The van der Waals surface area contributed by atoms with E-state index in [1.807, 2.05) is 69.3 Å². The molecule has 1 N–H and O–H groups in total. The first-order chi connectivity index (χ1) is 16.3. The molecule has 0 radical (unpaired) electrons. The van der Waals surface area contributed by atoms with E-state index in [1.54, 1.807) is 4.90 Å². The van der Waals surface area contributed by atoms with Crippen LogP contribution < -0.4 is 5.32 Å². The molecule has 0 spiro atoms. The maximum Gasteiger partial charge on any atom is 0.243 e. The number of aryl methyl sites for hydroxylation is 3. The minimum absolute atomic E-state index is 0.00532. The van der Waals surface area contributed by atoms with Gasteiger partial charge in [0.1, 0.15) is 6.04 Å². The molecule has 34 heavy (non-hydrogen) atoms. The summed E-state index contributed by atoms with van der Waals surface area (Å²) < 4.78 is 0. The molecular formula is C30H36N2O2. The molecule has 4 nitrogen and oxygen atoms in total. The van der Waals surface area contributed by atoms with Crippen LogP contribution in [0, 0.1) is 13.8 Å². The van der Waals surface area contributed by atoms with Crippen LogP contribution in [0.25, 0.3) is 0 Å². The Hall–Kier alpha value is -3.40. The van der Waals surface area contributed by atoms with E-state index in [2.05, 4.69) is 42.6 Å². The average Bonchev–Trinajstić information content (AvgIpc) is 2.81. The van der Waals surface area contributed by atoms with Gasteiger partial charge in [0.15, 0.2) is 0 Å². The van der Waals surface area contributed by atoms with Crippen molar-refractivity contribution in [2.24, 2.45) is 0 Å². The molecule has 0 aromatic heterocycles. The molecule has 4 heteroatoms. The molecule has 0 fully saturated rings. The minimum atomic E-state index is -0.587. The molecule has 0 aliphatic rings. The van der Waals surface area contributed by atoms with Crippen LogP contribution in [0.5, 0.6) is 0 Å². The molecular weight excluding hydrogens is 420 g/mol. The second-order valence-electron chi connectivity index (χ2n) is 9.37. The Balaban J connectivity index is 1.90. The number of rotatable bonds is 10. The Labute approximate surface area is 204 Å². The van der Waals surface area contributed by atoms with Gasteiger partial charge in [-0.1, -0.05) is 90.0 Å². The van der Waals surface area contributed by atoms with Gasteiger partial charge < -0.3 is 10.2 Å². The Morgan fingerprint density at radius 1 is 0.794 bits per heavy atom. The zero-order chi connectivity index (χ0) is 24.5. The maximum atomic E-state index is 13.6. The standard InChI is InChI=1S/C30H36N2O2/c1-22(2)31-30(34)28(20-26-10-6-5-7-11-26)32(21-27-12-8-9-24(4)19-27)29(33)18-17-25-15-13-23(3)14-16-25/h5-16,19,22,28H,17-18,20-21H2,1-4H3,(H,31,34)/t28-/m1/s1. The highest BCUT2D eigenvalue weighted by Crippen LogP contribution is 2.18. The second kappa shape index (κ2) is 12.2. The maximum absolute atomic E-state index is 13.6. The summed E-state index contributed by atoms with van der Waals surface area (Å²) in [5, 5.41) is 3.04. The lowest BCUT2D eigenvalue weighted by atomic mass is 10.0. The van der Waals surface area contributed by atoms with Crippen molar-refractivity contribution in [1.82, 2.24) is 10.2 Å². The van der Waals surface area contributed by atoms with E-state index in [1.165, 1.54) is 5.56 Å². The molecule has 0 aliphatic carbocycles. The first kappa shape index (κ1) is 25.2. The normalized spacial score (nSPS) is 11.8. The quantitative estimate of drug-likeness (QED) is 0.444. The van der Waals surface area contributed by atoms with E-state index >= 15 is 0 Å². The fraction of sp³-hybridized carbons (Fsp3) is 0.333. The Morgan fingerprint density at radius 3 is 2.12 bits per heavy atom. The lowest BCUT2D eigenvalue weighted by Gasteiger charge is -2.32. The molecule has 178 valence electrons. The largest absolute Gasteiger partial charge is 0.352 e. The van der Waals surface area contributed by atoms with Crippen LogP contribution in [0.15, 0.2) is 78.9 Å². The molecule has 3 rings (SSSR count). The second-order valence-corrected chi connectivity index (χ2v) is 9.37. The van der Waals surface area contributed by atoms with E-state index < -0.39 is 6.04 Å². The zero-order valence-corrected chi connectivity index (χ0v) is 20.8. The van der Waals surface area contributed by atoms with E-state index in [-0.39, 0.29) is 17.9 Å². The zero-order valence-electron chi connectivity index (χ0n) is 20.8. The number of amides is 2. The first-order valence-electron chi connectivity index (χ1n) is 12.1. The van der Waals surface area contributed by atoms with Crippen molar-refractivity contribution in [1.29, 1.82) is 0 Å². The summed E-state index contributed by atoms with van der Waals surface area (Å²) in [4.78, 5) is 28.8. The van der Waals surface area contributed by atoms with Crippen LogP contribution in [0.4, 0.5) is 0 Å². The van der Waals surface area contributed by atoms with Gasteiger partial charge in [-0.2, -0.15) is 0 Å². The van der Waals surface area contributed by atoms with E-state index in [0.717, 1.165) is 22.3 Å². The number of benzene rings is 3. The van der Waals surface area contributed by atoms with Crippen molar-refractivity contribution in [2.45, 2.75) is 65.6 Å². The molecule has 0 bridgehead atoms. The monoisotopic (exact) mass is 456 g/mol. The third-order valence-corrected chi connectivity index (χ3v) is 5.89. The van der Waals surface area contributed by atoms with Gasteiger partial charge in [0, 0.05) is 25.4 Å². The summed E-state index contributed by atoms with van der Waals surface area (Å²) in [7, 11) is 0. The van der Waals surface area contributed by atoms with E-state index in [9.17, 15) is 9.59 Å². The smallest absolute Gasteiger partial charge is 0.243 e. The number of nitrogens with zero attached hydrogens (tertiary/aromatic N) is 1. The Morgan fingerprint density at radius 2 is 1.47 bits per heavy atom. The fourth-order valence-electron chi connectivity index (χ4n) is 4.09. The Bertz CT molecular complexity index is 1070. The summed E-state index contributed by atoms with van der Waals surface area (Å²) in [5.74, 6) is -0.128. The van der Waals surface area contributed by atoms with Gasteiger partial charge in [0.25, 0.3) is 0 Å². The van der Waals surface area contributed by atoms with Crippen molar-refractivity contribution in [3.8, 4) is 0 Å². The van der Waals surface area contributed by atoms with Crippen LogP contribution in [-0.4, -0.2) is 28.8 Å². The molecule has 2 amide bonds. The molecule has 3 aromatic carbocycles. The van der Waals surface area contributed by atoms with Crippen molar-refractivity contribution in [2.75, 3.05) is 0 Å². The fourth-order valence-corrected chi connectivity index (χ4v) is 4.09.